The Morgan fingerprint density at radius 3 is 2.28 bits per heavy atom. The molecule has 4 rings (SSSR count). The average molecular weight is 451 g/mol. The standard InChI is InChI=1S/C26H30N2O3S/c1-19-13-15-22(16-14-19)32(30,31)27-25(20(2)26(29)28-17-6-3-7-18-28)24-12-8-10-21-9-4-5-11-23(21)24/h4-5,8-16,20,25,27H,3,6-7,17-18H2,1-2H3/t20-,25+/m1/s1. The van der Waals surface area contributed by atoms with Crippen molar-refractivity contribution in [2.45, 2.75) is 44.0 Å². The van der Waals surface area contributed by atoms with Gasteiger partial charge >= 0.3 is 0 Å². The van der Waals surface area contributed by atoms with Gasteiger partial charge in [0, 0.05) is 13.1 Å². The molecule has 0 spiro atoms. The van der Waals surface area contributed by atoms with Crippen LogP contribution in [0.1, 0.15) is 43.4 Å². The Bertz CT molecular complexity index is 1190. The van der Waals surface area contributed by atoms with Gasteiger partial charge in [0.05, 0.1) is 16.9 Å². The van der Waals surface area contributed by atoms with Crippen molar-refractivity contribution in [2.24, 2.45) is 5.92 Å². The summed E-state index contributed by atoms with van der Waals surface area (Å²) in [7, 11) is -3.82. The molecule has 0 bridgehead atoms. The molecule has 3 aromatic carbocycles. The van der Waals surface area contributed by atoms with Gasteiger partial charge in [-0.25, -0.2) is 13.1 Å². The first kappa shape index (κ1) is 22.5. The van der Waals surface area contributed by atoms with Gasteiger partial charge < -0.3 is 4.90 Å². The van der Waals surface area contributed by atoms with Crippen molar-refractivity contribution in [3.05, 3.63) is 77.9 Å². The smallest absolute Gasteiger partial charge is 0.241 e. The molecule has 1 N–H and O–H groups in total. The van der Waals surface area contributed by atoms with Crippen LogP contribution in [0.25, 0.3) is 10.8 Å². The zero-order chi connectivity index (χ0) is 22.7. The van der Waals surface area contributed by atoms with E-state index in [1.54, 1.807) is 24.3 Å². The fraction of sp³-hybridized carbons (Fsp3) is 0.346. The van der Waals surface area contributed by atoms with Crippen LogP contribution in [-0.4, -0.2) is 32.3 Å². The summed E-state index contributed by atoms with van der Waals surface area (Å²) in [6.07, 6.45) is 3.12. The summed E-state index contributed by atoms with van der Waals surface area (Å²) < 4.78 is 29.5. The van der Waals surface area contributed by atoms with E-state index in [1.807, 2.05) is 61.2 Å². The Hall–Kier alpha value is -2.70. The number of nitrogens with zero attached hydrogens (tertiary/aromatic N) is 1. The molecule has 1 saturated heterocycles. The summed E-state index contributed by atoms with van der Waals surface area (Å²) in [5, 5.41) is 1.96. The lowest BCUT2D eigenvalue weighted by molar-refractivity contribution is -0.136. The Morgan fingerprint density at radius 2 is 1.56 bits per heavy atom. The van der Waals surface area contributed by atoms with Crippen LogP contribution < -0.4 is 4.72 Å². The number of amides is 1. The molecule has 3 aromatic rings. The van der Waals surface area contributed by atoms with Gasteiger partial charge in [-0.3, -0.25) is 4.79 Å². The normalized spacial score (nSPS) is 16.6. The van der Waals surface area contributed by atoms with Crippen LogP contribution in [0.5, 0.6) is 0 Å². The van der Waals surface area contributed by atoms with Gasteiger partial charge in [-0.1, -0.05) is 67.1 Å². The number of fused-ring (bicyclic) bond motifs is 1. The van der Waals surface area contributed by atoms with E-state index in [0.717, 1.165) is 54.3 Å². The van der Waals surface area contributed by atoms with Crippen molar-refractivity contribution in [3.8, 4) is 0 Å². The van der Waals surface area contributed by atoms with Gasteiger partial charge in [0.2, 0.25) is 15.9 Å². The molecule has 1 amide bonds. The Kier molecular flexibility index (Phi) is 6.63. The van der Waals surface area contributed by atoms with Crippen LogP contribution in [0.2, 0.25) is 0 Å². The molecule has 1 fully saturated rings. The van der Waals surface area contributed by atoms with Crippen LogP contribution in [0.4, 0.5) is 0 Å². The molecule has 0 radical (unpaired) electrons. The molecule has 5 nitrogen and oxygen atoms in total. The highest BCUT2D eigenvalue weighted by Gasteiger charge is 2.34. The van der Waals surface area contributed by atoms with Crippen molar-refractivity contribution in [2.75, 3.05) is 13.1 Å². The number of carbonyl (C=O) groups is 1. The third-order valence-electron chi connectivity index (χ3n) is 6.33. The number of likely N-dealkylation sites (tertiary alicyclic amines) is 1. The lowest BCUT2D eigenvalue weighted by atomic mass is 9.90. The first-order valence-corrected chi connectivity index (χ1v) is 12.7. The Morgan fingerprint density at radius 1 is 0.906 bits per heavy atom. The van der Waals surface area contributed by atoms with Gasteiger partial charge in [0.1, 0.15) is 0 Å². The van der Waals surface area contributed by atoms with E-state index >= 15 is 0 Å². The number of rotatable bonds is 6. The highest BCUT2D eigenvalue weighted by molar-refractivity contribution is 7.89. The lowest BCUT2D eigenvalue weighted by Crippen LogP contribution is -2.44. The summed E-state index contributed by atoms with van der Waals surface area (Å²) in [4.78, 5) is 15.5. The van der Waals surface area contributed by atoms with E-state index in [9.17, 15) is 13.2 Å². The molecular weight excluding hydrogens is 420 g/mol. The highest BCUT2D eigenvalue weighted by Crippen LogP contribution is 2.32. The van der Waals surface area contributed by atoms with Crippen LogP contribution >= 0.6 is 0 Å². The van der Waals surface area contributed by atoms with Crippen LogP contribution in [0.15, 0.2) is 71.6 Å². The predicted molar refractivity (Wildman–Crippen MR) is 128 cm³/mol. The molecule has 2 atom stereocenters. The van der Waals surface area contributed by atoms with Crippen molar-refractivity contribution in [1.29, 1.82) is 0 Å². The number of aryl methyl sites for hydroxylation is 1. The van der Waals surface area contributed by atoms with Gasteiger partial charge in [0.15, 0.2) is 0 Å². The Labute approximate surface area is 190 Å². The minimum absolute atomic E-state index is 0.00533. The monoisotopic (exact) mass is 450 g/mol. The fourth-order valence-corrected chi connectivity index (χ4v) is 5.75. The number of nitrogens with one attached hydrogen (secondary N) is 1. The number of benzene rings is 3. The zero-order valence-electron chi connectivity index (χ0n) is 18.6. The summed E-state index contributed by atoms with van der Waals surface area (Å²) in [5.74, 6) is -0.548. The minimum atomic E-state index is -3.82. The van der Waals surface area contributed by atoms with E-state index in [0.29, 0.717) is 0 Å². The van der Waals surface area contributed by atoms with Crippen molar-refractivity contribution in [3.63, 3.8) is 0 Å². The molecule has 168 valence electrons. The third-order valence-corrected chi connectivity index (χ3v) is 7.79. The number of hydrogen-bond donors (Lipinski definition) is 1. The molecule has 0 saturated carbocycles. The molecule has 0 aliphatic carbocycles. The summed E-state index contributed by atoms with van der Waals surface area (Å²) >= 11 is 0. The number of sulfonamides is 1. The molecular formula is C26H30N2O3S. The van der Waals surface area contributed by atoms with Gasteiger partial charge in [-0.05, 0) is 54.7 Å². The first-order valence-electron chi connectivity index (χ1n) is 11.2. The van der Waals surface area contributed by atoms with E-state index in [1.165, 1.54) is 0 Å². The van der Waals surface area contributed by atoms with Crippen LogP contribution in [0, 0.1) is 12.8 Å². The van der Waals surface area contributed by atoms with Crippen molar-refractivity contribution >= 4 is 26.7 Å². The number of piperidine rings is 1. The zero-order valence-corrected chi connectivity index (χ0v) is 19.4. The summed E-state index contributed by atoms with van der Waals surface area (Å²) in [6, 6.07) is 19.8. The van der Waals surface area contributed by atoms with Gasteiger partial charge in [-0.15, -0.1) is 0 Å². The second kappa shape index (κ2) is 9.43. The van der Waals surface area contributed by atoms with E-state index < -0.39 is 22.0 Å². The summed E-state index contributed by atoms with van der Waals surface area (Å²) in [5.41, 5.74) is 1.81. The quantitative estimate of drug-likeness (QED) is 0.586. The predicted octanol–water partition coefficient (Wildman–Crippen LogP) is 4.82. The molecule has 1 heterocycles. The molecule has 32 heavy (non-hydrogen) atoms. The molecule has 0 aromatic heterocycles. The molecule has 0 unspecified atom stereocenters. The van der Waals surface area contributed by atoms with Crippen molar-refractivity contribution in [1.82, 2.24) is 9.62 Å². The summed E-state index contributed by atoms with van der Waals surface area (Å²) in [6.45, 7) is 5.22. The SMILES string of the molecule is Cc1ccc(S(=O)(=O)N[C@H](c2cccc3ccccc23)[C@@H](C)C(=O)N2CCCCC2)cc1. The lowest BCUT2D eigenvalue weighted by Gasteiger charge is -2.33. The maximum Gasteiger partial charge on any atom is 0.241 e. The van der Waals surface area contributed by atoms with E-state index in [-0.39, 0.29) is 10.8 Å². The van der Waals surface area contributed by atoms with E-state index in [2.05, 4.69) is 4.72 Å². The molecule has 1 aliphatic heterocycles. The number of hydrogen-bond acceptors (Lipinski definition) is 3. The largest absolute Gasteiger partial charge is 0.342 e. The van der Waals surface area contributed by atoms with E-state index in [4.69, 9.17) is 0 Å². The minimum Gasteiger partial charge on any atom is -0.342 e. The maximum atomic E-state index is 13.4. The van der Waals surface area contributed by atoms with Gasteiger partial charge in [-0.2, -0.15) is 0 Å². The van der Waals surface area contributed by atoms with Crippen LogP contribution in [-0.2, 0) is 14.8 Å². The topological polar surface area (TPSA) is 66.5 Å². The second-order valence-electron chi connectivity index (χ2n) is 8.66. The first-order chi connectivity index (χ1) is 15.4. The van der Waals surface area contributed by atoms with Gasteiger partial charge in [0.25, 0.3) is 0 Å². The van der Waals surface area contributed by atoms with Crippen LogP contribution in [0.3, 0.4) is 0 Å². The fourth-order valence-electron chi connectivity index (χ4n) is 4.45. The molecule has 6 heteroatoms. The third kappa shape index (κ3) is 4.71. The average Bonchev–Trinajstić information content (AvgIpc) is 2.82. The highest BCUT2D eigenvalue weighted by atomic mass is 32.2. The maximum absolute atomic E-state index is 13.4. The Balaban J connectivity index is 1.75. The molecule has 1 aliphatic rings. The van der Waals surface area contributed by atoms with Crippen molar-refractivity contribution < 1.29 is 13.2 Å². The second-order valence-corrected chi connectivity index (χ2v) is 10.4. The number of carbonyl (C=O) groups excluding carboxylic acids is 1.